The van der Waals surface area contributed by atoms with E-state index < -0.39 is 5.97 Å². The highest BCUT2D eigenvalue weighted by molar-refractivity contribution is 5.94. The third kappa shape index (κ3) is 4.01. The van der Waals surface area contributed by atoms with Crippen molar-refractivity contribution in [2.24, 2.45) is 5.92 Å². The molecule has 0 bridgehead atoms. The van der Waals surface area contributed by atoms with E-state index in [-0.39, 0.29) is 24.4 Å². The number of hydrogen-bond acceptors (Lipinski definition) is 6. The molecule has 26 heavy (non-hydrogen) atoms. The van der Waals surface area contributed by atoms with Crippen LogP contribution in [-0.4, -0.2) is 59.0 Å². The molecular weight excluding hydrogens is 338 g/mol. The van der Waals surface area contributed by atoms with Gasteiger partial charge in [0.05, 0.1) is 35.4 Å². The number of fused-ring (bicyclic) bond motifs is 1. The number of hydrogen-bond donors (Lipinski definition) is 1. The minimum Gasteiger partial charge on any atom is -0.466 e. The van der Waals surface area contributed by atoms with E-state index in [4.69, 9.17) is 9.47 Å². The molecule has 3 rings (SSSR count). The Labute approximate surface area is 150 Å². The lowest BCUT2D eigenvalue weighted by Crippen LogP contribution is -2.44. The summed E-state index contributed by atoms with van der Waals surface area (Å²) in [6, 6.07) is 4.94. The lowest BCUT2D eigenvalue weighted by atomic mass is 9.98. The maximum absolute atomic E-state index is 12.3. The van der Waals surface area contributed by atoms with Gasteiger partial charge in [-0.25, -0.2) is 9.78 Å². The van der Waals surface area contributed by atoms with Crippen LogP contribution in [0.4, 0.5) is 0 Å². The SMILES string of the molecule is CCOC(=O)C1CCCN(C(=O)COC(=O)c2ccc3nc[nH]c3c2)C1. The third-order valence-electron chi connectivity index (χ3n) is 4.38. The molecule has 1 aromatic heterocycles. The molecule has 0 spiro atoms. The highest BCUT2D eigenvalue weighted by atomic mass is 16.5. The van der Waals surface area contributed by atoms with E-state index in [1.807, 2.05) is 0 Å². The first-order valence-corrected chi connectivity index (χ1v) is 8.63. The summed E-state index contributed by atoms with van der Waals surface area (Å²) in [6.07, 6.45) is 2.96. The van der Waals surface area contributed by atoms with E-state index in [1.54, 1.807) is 36.4 Å². The quantitative estimate of drug-likeness (QED) is 0.812. The summed E-state index contributed by atoms with van der Waals surface area (Å²) in [6.45, 7) is 2.57. The lowest BCUT2D eigenvalue weighted by Gasteiger charge is -2.31. The summed E-state index contributed by atoms with van der Waals surface area (Å²) in [5.74, 6) is -1.48. The zero-order valence-electron chi connectivity index (χ0n) is 14.6. The van der Waals surface area contributed by atoms with Gasteiger partial charge in [0, 0.05) is 13.1 Å². The number of piperidine rings is 1. The number of esters is 2. The Morgan fingerprint density at radius 1 is 1.31 bits per heavy atom. The molecule has 2 aromatic rings. The minimum atomic E-state index is -0.575. The predicted molar refractivity (Wildman–Crippen MR) is 92.3 cm³/mol. The molecule has 8 heteroatoms. The van der Waals surface area contributed by atoms with E-state index in [0.29, 0.717) is 31.7 Å². The van der Waals surface area contributed by atoms with Gasteiger partial charge in [-0.3, -0.25) is 9.59 Å². The van der Waals surface area contributed by atoms with Crippen molar-refractivity contribution in [3.05, 3.63) is 30.1 Å². The van der Waals surface area contributed by atoms with Crippen LogP contribution in [0.5, 0.6) is 0 Å². The molecule has 0 saturated carbocycles. The Morgan fingerprint density at radius 2 is 2.15 bits per heavy atom. The topological polar surface area (TPSA) is 102 Å². The van der Waals surface area contributed by atoms with Crippen molar-refractivity contribution >= 4 is 28.9 Å². The number of nitrogens with one attached hydrogen (secondary N) is 1. The van der Waals surface area contributed by atoms with Gasteiger partial charge in [-0.05, 0) is 38.0 Å². The van der Waals surface area contributed by atoms with E-state index >= 15 is 0 Å². The smallest absolute Gasteiger partial charge is 0.338 e. The molecule has 8 nitrogen and oxygen atoms in total. The molecule has 1 saturated heterocycles. The first kappa shape index (κ1) is 17.9. The fourth-order valence-electron chi connectivity index (χ4n) is 3.02. The molecule has 1 N–H and O–H groups in total. The maximum atomic E-state index is 12.3. The molecule has 1 aliphatic rings. The predicted octanol–water partition coefficient (Wildman–Crippen LogP) is 1.52. The van der Waals surface area contributed by atoms with Gasteiger partial charge in [-0.15, -0.1) is 0 Å². The number of rotatable bonds is 5. The van der Waals surface area contributed by atoms with Crippen molar-refractivity contribution in [3.8, 4) is 0 Å². The summed E-state index contributed by atoms with van der Waals surface area (Å²) >= 11 is 0. The average molecular weight is 359 g/mol. The third-order valence-corrected chi connectivity index (χ3v) is 4.38. The molecule has 1 fully saturated rings. The van der Waals surface area contributed by atoms with Gasteiger partial charge < -0.3 is 19.4 Å². The van der Waals surface area contributed by atoms with Crippen molar-refractivity contribution in [1.29, 1.82) is 0 Å². The molecule has 1 amide bonds. The second-order valence-corrected chi connectivity index (χ2v) is 6.14. The molecule has 0 radical (unpaired) electrons. The molecule has 0 aliphatic carbocycles. The van der Waals surface area contributed by atoms with Crippen LogP contribution in [0.15, 0.2) is 24.5 Å². The summed E-state index contributed by atoms with van der Waals surface area (Å²) in [7, 11) is 0. The molecule has 1 aliphatic heterocycles. The Balaban J connectivity index is 1.54. The highest BCUT2D eigenvalue weighted by Gasteiger charge is 2.29. The van der Waals surface area contributed by atoms with Crippen LogP contribution in [-0.2, 0) is 19.1 Å². The maximum Gasteiger partial charge on any atom is 0.338 e. The van der Waals surface area contributed by atoms with Gasteiger partial charge >= 0.3 is 11.9 Å². The van der Waals surface area contributed by atoms with Crippen molar-refractivity contribution in [2.45, 2.75) is 19.8 Å². The molecule has 1 aromatic carbocycles. The van der Waals surface area contributed by atoms with Crippen LogP contribution in [0.1, 0.15) is 30.1 Å². The zero-order chi connectivity index (χ0) is 18.5. The van der Waals surface area contributed by atoms with Crippen molar-refractivity contribution in [1.82, 2.24) is 14.9 Å². The monoisotopic (exact) mass is 359 g/mol. The van der Waals surface area contributed by atoms with E-state index in [9.17, 15) is 14.4 Å². The Morgan fingerprint density at radius 3 is 2.96 bits per heavy atom. The van der Waals surface area contributed by atoms with Crippen molar-refractivity contribution in [3.63, 3.8) is 0 Å². The van der Waals surface area contributed by atoms with Crippen LogP contribution in [0.3, 0.4) is 0 Å². The van der Waals surface area contributed by atoms with Crippen molar-refractivity contribution < 1.29 is 23.9 Å². The van der Waals surface area contributed by atoms with Crippen LogP contribution in [0.25, 0.3) is 11.0 Å². The van der Waals surface area contributed by atoms with Gasteiger partial charge in [0.2, 0.25) is 0 Å². The van der Waals surface area contributed by atoms with Crippen LogP contribution >= 0.6 is 0 Å². The number of amides is 1. The number of imidazole rings is 1. The van der Waals surface area contributed by atoms with Gasteiger partial charge in [-0.1, -0.05) is 0 Å². The highest BCUT2D eigenvalue weighted by Crippen LogP contribution is 2.18. The zero-order valence-corrected chi connectivity index (χ0v) is 14.6. The molecule has 1 unspecified atom stereocenters. The largest absolute Gasteiger partial charge is 0.466 e. The van der Waals surface area contributed by atoms with Gasteiger partial charge in [0.15, 0.2) is 6.61 Å². The van der Waals surface area contributed by atoms with Crippen molar-refractivity contribution in [2.75, 3.05) is 26.3 Å². The van der Waals surface area contributed by atoms with Gasteiger partial charge in [-0.2, -0.15) is 0 Å². The number of carbonyl (C=O) groups excluding carboxylic acids is 3. The summed E-state index contributed by atoms with van der Waals surface area (Å²) < 4.78 is 10.2. The van der Waals surface area contributed by atoms with Gasteiger partial charge in [0.1, 0.15) is 0 Å². The number of H-pyrrole nitrogens is 1. The number of aromatic amines is 1. The average Bonchev–Trinajstić information content (AvgIpc) is 3.14. The lowest BCUT2D eigenvalue weighted by molar-refractivity contribution is -0.151. The number of ether oxygens (including phenoxy) is 2. The Hall–Kier alpha value is -2.90. The molecular formula is C18H21N3O5. The Bertz CT molecular complexity index is 816. The fraction of sp³-hybridized carbons (Fsp3) is 0.444. The van der Waals surface area contributed by atoms with E-state index in [1.165, 1.54) is 0 Å². The van der Waals surface area contributed by atoms with E-state index in [2.05, 4.69) is 9.97 Å². The number of benzene rings is 1. The first-order chi connectivity index (χ1) is 12.6. The Kier molecular flexibility index (Phi) is 5.50. The number of carbonyl (C=O) groups is 3. The summed E-state index contributed by atoms with van der Waals surface area (Å²) in [5, 5.41) is 0. The fourth-order valence-corrected chi connectivity index (χ4v) is 3.02. The molecule has 1 atom stereocenters. The van der Waals surface area contributed by atoms with Gasteiger partial charge in [0.25, 0.3) is 5.91 Å². The normalized spacial score (nSPS) is 17.1. The number of aromatic nitrogens is 2. The molecule has 138 valence electrons. The number of likely N-dealkylation sites (tertiary alicyclic amines) is 1. The van der Waals surface area contributed by atoms with Crippen LogP contribution in [0.2, 0.25) is 0 Å². The second kappa shape index (κ2) is 7.99. The van der Waals surface area contributed by atoms with Crippen LogP contribution in [0, 0.1) is 5.92 Å². The summed E-state index contributed by atoms with van der Waals surface area (Å²) in [5.41, 5.74) is 1.81. The van der Waals surface area contributed by atoms with E-state index in [0.717, 1.165) is 17.5 Å². The first-order valence-electron chi connectivity index (χ1n) is 8.63. The standard InChI is InChI=1S/C18H21N3O5/c1-2-25-18(24)13-4-3-7-21(9-13)16(22)10-26-17(23)12-5-6-14-15(8-12)20-11-19-14/h5-6,8,11,13H,2-4,7,9-10H2,1H3,(H,19,20). The van der Waals surface area contributed by atoms with Crippen LogP contribution < -0.4 is 0 Å². The minimum absolute atomic E-state index is 0.283. The molecule has 2 heterocycles. The second-order valence-electron chi connectivity index (χ2n) is 6.14. The summed E-state index contributed by atoms with van der Waals surface area (Å²) in [4.78, 5) is 44.9. The number of nitrogens with zero attached hydrogens (tertiary/aromatic N) is 2.